The number of carboxylic acids is 1. The summed E-state index contributed by atoms with van der Waals surface area (Å²) >= 11 is 0. The number of aliphatic hydroxyl groups is 1. The molecule has 11 heavy (non-hydrogen) atoms. The molecule has 0 aliphatic carbocycles. The number of aliphatic hydroxyl groups excluding tert-OH is 1. The first kappa shape index (κ1) is 13.0. The SMILES string of the molecule is C1CCOC1.CC(=O)O.CO. The van der Waals surface area contributed by atoms with Crippen molar-refractivity contribution in [3.8, 4) is 0 Å². The van der Waals surface area contributed by atoms with E-state index >= 15 is 0 Å². The van der Waals surface area contributed by atoms with E-state index in [9.17, 15) is 0 Å². The molecule has 1 heterocycles. The van der Waals surface area contributed by atoms with Gasteiger partial charge in [-0.05, 0) is 12.8 Å². The predicted octanol–water partition coefficient (Wildman–Crippen LogP) is 0.496. The zero-order valence-corrected chi connectivity index (χ0v) is 7.04. The second kappa shape index (κ2) is 12.1. The molecule has 4 nitrogen and oxygen atoms in total. The van der Waals surface area contributed by atoms with Gasteiger partial charge in [0.05, 0.1) is 0 Å². The van der Waals surface area contributed by atoms with Gasteiger partial charge in [0.1, 0.15) is 0 Å². The van der Waals surface area contributed by atoms with E-state index in [1.54, 1.807) is 0 Å². The first-order valence-corrected chi connectivity index (χ1v) is 3.45. The number of aliphatic carboxylic acids is 1. The van der Waals surface area contributed by atoms with Crippen molar-refractivity contribution in [1.82, 2.24) is 0 Å². The van der Waals surface area contributed by atoms with Crippen molar-refractivity contribution in [3.05, 3.63) is 0 Å². The Kier molecular flexibility index (Phi) is 14.3. The molecule has 1 rings (SSSR count). The molecule has 0 unspecified atom stereocenters. The number of carbonyl (C=O) groups is 1. The van der Waals surface area contributed by atoms with Gasteiger partial charge in [-0.1, -0.05) is 0 Å². The third-order valence-corrected chi connectivity index (χ3v) is 0.827. The van der Waals surface area contributed by atoms with Crippen LogP contribution in [-0.2, 0) is 9.53 Å². The Morgan fingerprint density at radius 3 is 1.64 bits per heavy atom. The predicted molar refractivity (Wildman–Crippen MR) is 41.5 cm³/mol. The van der Waals surface area contributed by atoms with Crippen LogP contribution in [0, 0.1) is 0 Å². The van der Waals surface area contributed by atoms with Crippen molar-refractivity contribution in [1.29, 1.82) is 0 Å². The van der Waals surface area contributed by atoms with Crippen molar-refractivity contribution in [3.63, 3.8) is 0 Å². The van der Waals surface area contributed by atoms with Gasteiger partial charge in [0.15, 0.2) is 0 Å². The van der Waals surface area contributed by atoms with E-state index in [4.69, 9.17) is 19.7 Å². The second-order valence-electron chi connectivity index (χ2n) is 1.84. The summed E-state index contributed by atoms with van der Waals surface area (Å²) in [6.07, 6.45) is 2.56. The molecule has 68 valence electrons. The van der Waals surface area contributed by atoms with Crippen LogP contribution in [0.2, 0.25) is 0 Å². The normalized spacial score (nSPS) is 13.7. The highest BCUT2D eigenvalue weighted by atomic mass is 16.5. The van der Waals surface area contributed by atoms with Crippen LogP contribution in [-0.4, -0.2) is 36.5 Å². The Labute approximate surface area is 66.8 Å². The lowest BCUT2D eigenvalue weighted by molar-refractivity contribution is -0.134. The molecule has 0 saturated carbocycles. The first-order chi connectivity index (χ1) is 5.23. The molecule has 0 bridgehead atoms. The lowest BCUT2D eigenvalue weighted by Gasteiger charge is -1.76. The number of ether oxygens (including phenoxy) is 1. The lowest BCUT2D eigenvalue weighted by Crippen LogP contribution is -1.78. The maximum absolute atomic E-state index is 9.00. The molecule has 1 aliphatic heterocycles. The molecule has 1 saturated heterocycles. The smallest absolute Gasteiger partial charge is 0.300 e. The van der Waals surface area contributed by atoms with E-state index in [0.29, 0.717) is 0 Å². The minimum atomic E-state index is -0.833. The molecule has 1 aliphatic rings. The number of hydrogen-bond acceptors (Lipinski definition) is 3. The van der Waals surface area contributed by atoms with Crippen LogP contribution < -0.4 is 0 Å². The standard InChI is InChI=1S/C4H8O.C2H4O2.CH4O/c1-2-4-5-3-1;1-2(3)4;1-2/h1-4H2;1H3,(H,3,4);2H,1H3. The van der Waals surface area contributed by atoms with Gasteiger partial charge in [0, 0.05) is 27.2 Å². The van der Waals surface area contributed by atoms with E-state index in [0.717, 1.165) is 27.2 Å². The average molecular weight is 164 g/mol. The third-order valence-electron chi connectivity index (χ3n) is 0.827. The summed E-state index contributed by atoms with van der Waals surface area (Å²) in [5.41, 5.74) is 0. The molecular weight excluding hydrogens is 148 g/mol. The van der Waals surface area contributed by atoms with Crippen LogP contribution in [0.3, 0.4) is 0 Å². The summed E-state index contributed by atoms with van der Waals surface area (Å²) in [5, 5.41) is 14.4. The lowest BCUT2D eigenvalue weighted by atomic mass is 10.4. The Balaban J connectivity index is 0. The van der Waals surface area contributed by atoms with Gasteiger partial charge in [-0.2, -0.15) is 0 Å². The first-order valence-electron chi connectivity index (χ1n) is 3.45. The molecule has 0 radical (unpaired) electrons. The topological polar surface area (TPSA) is 66.8 Å². The van der Waals surface area contributed by atoms with Crippen LogP contribution in [0.5, 0.6) is 0 Å². The Morgan fingerprint density at radius 2 is 1.55 bits per heavy atom. The van der Waals surface area contributed by atoms with E-state index < -0.39 is 5.97 Å². The number of carboxylic acid groups (broad SMARTS) is 1. The van der Waals surface area contributed by atoms with Crippen LogP contribution in [0.1, 0.15) is 19.8 Å². The van der Waals surface area contributed by atoms with Crippen LogP contribution >= 0.6 is 0 Å². The molecule has 1 fully saturated rings. The molecule has 4 heteroatoms. The van der Waals surface area contributed by atoms with Crippen molar-refractivity contribution >= 4 is 5.97 Å². The van der Waals surface area contributed by atoms with Gasteiger partial charge in [-0.3, -0.25) is 4.79 Å². The summed E-state index contributed by atoms with van der Waals surface area (Å²) < 4.78 is 4.94. The molecule has 0 spiro atoms. The summed E-state index contributed by atoms with van der Waals surface area (Å²) in [5.74, 6) is -0.833. The number of hydrogen-bond donors (Lipinski definition) is 2. The fourth-order valence-electron chi connectivity index (χ4n) is 0.510. The molecule has 0 amide bonds. The highest BCUT2D eigenvalue weighted by Gasteiger charge is 1.94. The van der Waals surface area contributed by atoms with E-state index in [2.05, 4.69) is 0 Å². The minimum absolute atomic E-state index is 0.833. The zero-order chi connectivity index (χ0) is 9.11. The summed E-state index contributed by atoms with van der Waals surface area (Å²) in [7, 11) is 1.00. The van der Waals surface area contributed by atoms with E-state index in [1.807, 2.05) is 0 Å². The summed E-state index contributed by atoms with van der Waals surface area (Å²) in [4.78, 5) is 9.00. The maximum Gasteiger partial charge on any atom is 0.300 e. The fourth-order valence-corrected chi connectivity index (χ4v) is 0.510. The summed E-state index contributed by atoms with van der Waals surface area (Å²) in [6.45, 7) is 3.08. The molecule has 0 atom stereocenters. The highest BCUT2D eigenvalue weighted by Crippen LogP contribution is 1.98. The second-order valence-corrected chi connectivity index (χ2v) is 1.84. The van der Waals surface area contributed by atoms with Crippen LogP contribution in [0.25, 0.3) is 0 Å². The summed E-state index contributed by atoms with van der Waals surface area (Å²) in [6, 6.07) is 0. The van der Waals surface area contributed by atoms with E-state index in [-0.39, 0.29) is 0 Å². The monoisotopic (exact) mass is 164 g/mol. The van der Waals surface area contributed by atoms with Gasteiger partial charge < -0.3 is 14.9 Å². The quantitative estimate of drug-likeness (QED) is 0.547. The Hall–Kier alpha value is -0.610. The molecule has 0 aromatic heterocycles. The number of rotatable bonds is 0. The van der Waals surface area contributed by atoms with Crippen molar-refractivity contribution < 1.29 is 19.7 Å². The van der Waals surface area contributed by atoms with Gasteiger partial charge in [-0.25, -0.2) is 0 Å². The van der Waals surface area contributed by atoms with Gasteiger partial charge in [0.2, 0.25) is 0 Å². The highest BCUT2D eigenvalue weighted by molar-refractivity contribution is 5.62. The van der Waals surface area contributed by atoms with Gasteiger partial charge in [0.25, 0.3) is 5.97 Å². The average Bonchev–Trinajstić information content (AvgIpc) is 2.44. The van der Waals surface area contributed by atoms with Crippen LogP contribution in [0.4, 0.5) is 0 Å². The minimum Gasteiger partial charge on any atom is -0.481 e. The molecule has 0 aromatic rings. The van der Waals surface area contributed by atoms with Crippen molar-refractivity contribution in [2.24, 2.45) is 0 Å². The largest absolute Gasteiger partial charge is 0.481 e. The molecule has 0 aromatic carbocycles. The maximum atomic E-state index is 9.00. The van der Waals surface area contributed by atoms with Gasteiger partial charge in [-0.15, -0.1) is 0 Å². The van der Waals surface area contributed by atoms with Crippen LogP contribution in [0.15, 0.2) is 0 Å². The van der Waals surface area contributed by atoms with Crippen molar-refractivity contribution in [2.75, 3.05) is 20.3 Å². The molecule has 2 N–H and O–H groups in total. The van der Waals surface area contributed by atoms with Gasteiger partial charge >= 0.3 is 0 Å². The fraction of sp³-hybridized carbons (Fsp3) is 0.857. The van der Waals surface area contributed by atoms with E-state index in [1.165, 1.54) is 12.8 Å². The Morgan fingerprint density at radius 1 is 1.27 bits per heavy atom. The van der Waals surface area contributed by atoms with Crippen molar-refractivity contribution in [2.45, 2.75) is 19.8 Å². The Bertz CT molecular complexity index is 66.9. The third kappa shape index (κ3) is 26.6. The molecular formula is C7H16O4. The zero-order valence-electron chi connectivity index (χ0n) is 7.04.